The van der Waals surface area contributed by atoms with Crippen molar-refractivity contribution in [3.05, 3.63) is 0 Å². The Morgan fingerprint density at radius 1 is 1.19 bits per heavy atom. The van der Waals surface area contributed by atoms with E-state index >= 15 is 0 Å². The Hall–Kier alpha value is -1.14. The molecule has 0 aromatic carbocycles. The molecule has 118 valence electrons. The molecule has 1 unspecified atom stereocenters. The number of urea groups is 1. The van der Waals surface area contributed by atoms with Crippen LogP contribution in [0.4, 0.5) is 4.79 Å². The van der Waals surface area contributed by atoms with Crippen LogP contribution in [0.15, 0.2) is 0 Å². The Morgan fingerprint density at radius 3 is 2.19 bits per heavy atom. The van der Waals surface area contributed by atoms with Crippen molar-refractivity contribution in [3.63, 3.8) is 0 Å². The van der Waals surface area contributed by atoms with Gasteiger partial charge in [0.15, 0.2) is 0 Å². The Morgan fingerprint density at radius 2 is 1.71 bits per heavy atom. The number of likely N-dealkylation sites (tertiary alicyclic amines) is 1. The van der Waals surface area contributed by atoms with E-state index in [1.54, 1.807) is 4.90 Å². The van der Waals surface area contributed by atoms with Crippen LogP contribution in [0.5, 0.6) is 0 Å². The van der Waals surface area contributed by atoms with Gasteiger partial charge in [-0.3, -0.25) is 15.0 Å². The van der Waals surface area contributed by atoms with E-state index in [1.165, 1.54) is 0 Å². The maximum Gasteiger partial charge on any atom is 0.325 e. The summed E-state index contributed by atoms with van der Waals surface area (Å²) in [6.07, 6.45) is 1.37. The third-order valence-corrected chi connectivity index (χ3v) is 5.46. The lowest BCUT2D eigenvalue weighted by Gasteiger charge is -2.58. The summed E-state index contributed by atoms with van der Waals surface area (Å²) >= 11 is 0. The molecule has 0 aromatic heterocycles. The second-order valence-corrected chi connectivity index (χ2v) is 7.89. The van der Waals surface area contributed by atoms with Gasteiger partial charge in [-0.2, -0.15) is 0 Å². The second kappa shape index (κ2) is 4.20. The molecule has 3 saturated heterocycles. The molecule has 3 heterocycles. The maximum absolute atomic E-state index is 12.6. The molecule has 0 aromatic rings. The van der Waals surface area contributed by atoms with Crippen molar-refractivity contribution in [2.75, 3.05) is 20.2 Å². The summed E-state index contributed by atoms with van der Waals surface area (Å²) in [7, 11) is 2.09. The Labute approximate surface area is 125 Å². The van der Waals surface area contributed by atoms with Gasteiger partial charge in [0.2, 0.25) is 0 Å². The molecule has 3 aliphatic rings. The molecule has 1 spiro atoms. The van der Waals surface area contributed by atoms with E-state index in [0.717, 1.165) is 0 Å². The lowest BCUT2D eigenvalue weighted by atomic mass is 9.68. The van der Waals surface area contributed by atoms with E-state index in [4.69, 9.17) is 4.74 Å². The van der Waals surface area contributed by atoms with Crippen molar-refractivity contribution in [2.45, 2.75) is 63.3 Å². The molecule has 3 amide bonds. The highest BCUT2D eigenvalue weighted by atomic mass is 16.6. The Kier molecular flexibility index (Phi) is 2.95. The summed E-state index contributed by atoms with van der Waals surface area (Å²) in [6.45, 7) is 9.73. The number of nitrogens with one attached hydrogen (secondary N) is 1. The summed E-state index contributed by atoms with van der Waals surface area (Å²) in [5.74, 6) is -0.151. The highest BCUT2D eigenvalue weighted by Crippen LogP contribution is 2.47. The molecular weight excluding hydrogens is 270 g/mol. The molecule has 3 rings (SSSR count). The zero-order valence-corrected chi connectivity index (χ0v) is 13.5. The predicted molar refractivity (Wildman–Crippen MR) is 77.9 cm³/mol. The van der Waals surface area contributed by atoms with Crippen LogP contribution in [0.1, 0.15) is 40.5 Å². The number of ether oxygens (including phenoxy) is 1. The number of hydrogen-bond acceptors (Lipinski definition) is 4. The monoisotopic (exact) mass is 295 g/mol. The van der Waals surface area contributed by atoms with Gasteiger partial charge in [-0.05, 0) is 47.6 Å². The smallest absolute Gasteiger partial charge is 0.325 e. The molecule has 1 atom stereocenters. The van der Waals surface area contributed by atoms with E-state index < -0.39 is 5.54 Å². The van der Waals surface area contributed by atoms with Gasteiger partial charge in [0.05, 0.1) is 19.3 Å². The second-order valence-electron chi connectivity index (χ2n) is 7.89. The lowest BCUT2D eigenvalue weighted by molar-refractivity contribution is -0.139. The third kappa shape index (κ3) is 2.16. The molecule has 0 radical (unpaired) electrons. The van der Waals surface area contributed by atoms with Crippen LogP contribution in [0.2, 0.25) is 0 Å². The van der Waals surface area contributed by atoms with Crippen molar-refractivity contribution in [3.8, 4) is 0 Å². The maximum atomic E-state index is 12.6. The quantitative estimate of drug-likeness (QED) is 0.609. The summed E-state index contributed by atoms with van der Waals surface area (Å²) in [6, 6.07) is -0.272. The van der Waals surface area contributed by atoms with E-state index in [-0.39, 0.29) is 29.1 Å². The van der Waals surface area contributed by atoms with Gasteiger partial charge in [0.1, 0.15) is 5.54 Å². The van der Waals surface area contributed by atoms with Gasteiger partial charge in [0.25, 0.3) is 5.91 Å². The fraction of sp³-hybridized carbons (Fsp3) is 0.867. The average Bonchev–Trinajstić information content (AvgIpc) is 3.12. The van der Waals surface area contributed by atoms with Gasteiger partial charge in [-0.15, -0.1) is 0 Å². The van der Waals surface area contributed by atoms with Crippen LogP contribution in [-0.4, -0.2) is 64.7 Å². The molecule has 3 fully saturated rings. The van der Waals surface area contributed by atoms with E-state index in [0.29, 0.717) is 26.0 Å². The predicted octanol–water partition coefficient (Wildman–Crippen LogP) is 0.959. The normalized spacial score (nSPS) is 33.4. The van der Waals surface area contributed by atoms with Crippen molar-refractivity contribution in [1.82, 2.24) is 15.1 Å². The number of rotatable bonds is 2. The number of hydrogen-bond donors (Lipinski definition) is 1. The number of epoxide rings is 1. The van der Waals surface area contributed by atoms with Gasteiger partial charge in [-0.1, -0.05) is 0 Å². The fourth-order valence-electron chi connectivity index (χ4n) is 4.13. The number of imide groups is 1. The Balaban J connectivity index is 1.99. The van der Waals surface area contributed by atoms with Crippen LogP contribution >= 0.6 is 0 Å². The molecule has 0 aliphatic carbocycles. The molecule has 6 nitrogen and oxygen atoms in total. The number of carbonyl (C=O) groups is 2. The van der Waals surface area contributed by atoms with E-state index in [9.17, 15) is 9.59 Å². The van der Waals surface area contributed by atoms with Gasteiger partial charge >= 0.3 is 6.03 Å². The molecule has 6 heteroatoms. The van der Waals surface area contributed by atoms with Crippen LogP contribution in [0.3, 0.4) is 0 Å². The molecule has 0 saturated carbocycles. The number of nitrogens with zero attached hydrogens (tertiary/aromatic N) is 2. The van der Waals surface area contributed by atoms with E-state index in [1.807, 2.05) is 0 Å². The first-order valence-electron chi connectivity index (χ1n) is 7.57. The SMILES string of the molecule is CN1C(C)(C)CC2(CC1(C)C)C(=O)NC(=O)N2CC1CO1. The summed E-state index contributed by atoms with van der Waals surface area (Å²) < 4.78 is 5.27. The Bertz CT molecular complexity index is 478. The van der Waals surface area contributed by atoms with Crippen molar-refractivity contribution < 1.29 is 14.3 Å². The fourth-order valence-corrected chi connectivity index (χ4v) is 4.13. The number of amides is 3. The van der Waals surface area contributed by atoms with Gasteiger partial charge in [0, 0.05) is 11.1 Å². The van der Waals surface area contributed by atoms with Crippen LogP contribution in [0.25, 0.3) is 0 Å². The standard InChI is InChI=1S/C15H25N3O3/c1-13(2)8-15(9-14(3,4)17(13)5)11(19)16-12(20)18(15)6-10-7-21-10/h10H,6-9H2,1-5H3,(H,16,19,20). The highest BCUT2D eigenvalue weighted by molar-refractivity contribution is 6.07. The minimum absolute atomic E-state index is 0.0874. The third-order valence-electron chi connectivity index (χ3n) is 5.46. The van der Waals surface area contributed by atoms with Crippen LogP contribution < -0.4 is 5.32 Å². The molecule has 21 heavy (non-hydrogen) atoms. The minimum Gasteiger partial charge on any atom is -0.371 e. The van der Waals surface area contributed by atoms with Crippen LogP contribution in [-0.2, 0) is 9.53 Å². The average molecular weight is 295 g/mol. The van der Waals surface area contributed by atoms with Gasteiger partial charge < -0.3 is 9.64 Å². The topological polar surface area (TPSA) is 65.2 Å². The number of carbonyl (C=O) groups excluding carboxylic acids is 2. The van der Waals surface area contributed by atoms with Crippen LogP contribution in [0, 0.1) is 0 Å². The lowest BCUT2D eigenvalue weighted by Crippen LogP contribution is -2.69. The summed E-state index contributed by atoms with van der Waals surface area (Å²) in [5.41, 5.74) is -1.07. The molecule has 3 aliphatic heterocycles. The van der Waals surface area contributed by atoms with Crippen molar-refractivity contribution >= 4 is 11.9 Å². The first-order valence-corrected chi connectivity index (χ1v) is 7.57. The first kappa shape index (κ1) is 14.8. The van der Waals surface area contributed by atoms with Gasteiger partial charge in [-0.25, -0.2) is 4.79 Å². The van der Waals surface area contributed by atoms with Crippen molar-refractivity contribution in [2.24, 2.45) is 0 Å². The minimum atomic E-state index is -0.747. The largest absolute Gasteiger partial charge is 0.371 e. The summed E-state index contributed by atoms with van der Waals surface area (Å²) in [4.78, 5) is 28.9. The van der Waals surface area contributed by atoms with Crippen molar-refractivity contribution in [1.29, 1.82) is 0 Å². The molecule has 0 bridgehead atoms. The zero-order chi connectivity index (χ0) is 15.6. The zero-order valence-electron chi connectivity index (χ0n) is 13.5. The summed E-state index contributed by atoms with van der Waals surface area (Å²) in [5, 5.41) is 2.52. The highest BCUT2D eigenvalue weighted by Gasteiger charge is 2.62. The van der Waals surface area contributed by atoms with E-state index in [2.05, 4.69) is 45.0 Å². The molecule has 1 N–H and O–H groups in total. The molecular formula is C15H25N3O3. The first-order chi connectivity index (χ1) is 9.58. The number of piperidine rings is 1.